The highest BCUT2D eigenvalue weighted by atomic mass is 35.5. The van der Waals surface area contributed by atoms with E-state index in [1.165, 1.54) is 0 Å². The largest absolute Gasteiger partial charge is 0.325 e. The van der Waals surface area contributed by atoms with Gasteiger partial charge in [0.05, 0.1) is 12.1 Å². The van der Waals surface area contributed by atoms with E-state index in [0.29, 0.717) is 0 Å². The maximum Gasteiger partial charge on any atom is 0.325 e. The van der Waals surface area contributed by atoms with Crippen molar-refractivity contribution in [1.29, 1.82) is 0 Å². The summed E-state index contributed by atoms with van der Waals surface area (Å²) in [6, 6.07) is 18.8. The van der Waals surface area contributed by atoms with Crippen molar-refractivity contribution < 1.29 is 9.59 Å². The van der Waals surface area contributed by atoms with Crippen LogP contribution in [0.2, 0.25) is 0 Å². The zero-order valence-electron chi connectivity index (χ0n) is 16.8. The van der Waals surface area contributed by atoms with Crippen LogP contribution >= 0.6 is 11.6 Å². The molecule has 0 aliphatic heterocycles. The van der Waals surface area contributed by atoms with Gasteiger partial charge in [-0.25, -0.2) is 4.79 Å². The first kappa shape index (κ1) is 22.0. The third-order valence-electron chi connectivity index (χ3n) is 4.89. The first-order chi connectivity index (χ1) is 13.4. The number of carbonyl (C=O) groups excluding carboxylic acids is 2. The zero-order chi connectivity index (χ0) is 20.5. The smallest absolute Gasteiger partial charge is 0.311 e. The zero-order valence-corrected chi connectivity index (χ0v) is 17.5. The number of hydrogen-bond acceptors (Lipinski definition) is 2. The minimum atomic E-state index is -0.405. The topological polar surface area (TPSA) is 49.4 Å². The lowest BCUT2D eigenvalue weighted by Gasteiger charge is -2.35. The molecule has 0 spiro atoms. The van der Waals surface area contributed by atoms with E-state index in [2.05, 4.69) is 5.32 Å². The van der Waals surface area contributed by atoms with Gasteiger partial charge >= 0.3 is 6.03 Å². The number of hydrogen-bond donors (Lipinski definition) is 1. The molecule has 0 aliphatic rings. The van der Waals surface area contributed by atoms with Crippen molar-refractivity contribution >= 4 is 23.5 Å². The fourth-order valence-corrected chi connectivity index (χ4v) is 3.68. The lowest BCUT2D eigenvalue weighted by Crippen LogP contribution is -2.45. The van der Waals surface area contributed by atoms with Crippen molar-refractivity contribution in [2.24, 2.45) is 0 Å². The molecule has 4 nitrogen and oxygen atoms in total. The molecular weight excluding hydrogens is 372 g/mol. The molecule has 0 saturated heterocycles. The third-order valence-corrected chi connectivity index (χ3v) is 5.26. The number of halogens is 1. The van der Waals surface area contributed by atoms with E-state index in [0.717, 1.165) is 24.0 Å². The number of imide groups is 1. The second-order valence-electron chi connectivity index (χ2n) is 7.02. The molecule has 1 N–H and O–H groups in total. The van der Waals surface area contributed by atoms with Crippen LogP contribution in [0, 0.1) is 0 Å². The summed E-state index contributed by atoms with van der Waals surface area (Å²) in [6.07, 6.45) is 1.78. The summed E-state index contributed by atoms with van der Waals surface area (Å²) in [5.41, 5.74) is 2.02. The molecule has 2 aromatic carbocycles. The molecule has 0 aromatic heterocycles. The molecule has 1 unspecified atom stereocenters. The first-order valence-corrected chi connectivity index (χ1v) is 10.2. The number of alkyl halides is 1. The molecule has 0 fully saturated rings. The molecule has 28 heavy (non-hydrogen) atoms. The number of benzene rings is 2. The van der Waals surface area contributed by atoms with E-state index in [-0.39, 0.29) is 29.8 Å². The summed E-state index contributed by atoms with van der Waals surface area (Å²) >= 11 is 6.17. The number of urea groups is 1. The second-order valence-corrected chi connectivity index (χ2v) is 7.64. The highest BCUT2D eigenvalue weighted by molar-refractivity contribution is 6.21. The maximum atomic E-state index is 13.1. The summed E-state index contributed by atoms with van der Waals surface area (Å²) in [7, 11) is 0. The molecule has 150 valence electrons. The number of nitrogens with zero attached hydrogens (tertiary/aromatic N) is 1. The summed E-state index contributed by atoms with van der Waals surface area (Å²) in [4.78, 5) is 27.1. The van der Waals surface area contributed by atoms with Crippen molar-refractivity contribution in [3.63, 3.8) is 0 Å². The Kier molecular flexibility index (Phi) is 8.52. The van der Waals surface area contributed by atoms with Crippen LogP contribution in [0.1, 0.15) is 63.2 Å². The van der Waals surface area contributed by atoms with E-state index in [4.69, 9.17) is 11.6 Å². The normalized spacial score (nSPS) is 14.0. The second kappa shape index (κ2) is 10.9. The van der Waals surface area contributed by atoms with Crippen LogP contribution < -0.4 is 5.32 Å². The first-order valence-electron chi connectivity index (χ1n) is 9.80. The molecule has 0 aliphatic carbocycles. The van der Waals surface area contributed by atoms with Crippen LogP contribution in [0.3, 0.4) is 0 Å². The van der Waals surface area contributed by atoms with Gasteiger partial charge < -0.3 is 4.90 Å². The SMILES string of the molecule is CCCC(Cl)CC(=O)NC(=O)N([C@@H](C)c1ccccc1)[C@@H](C)c1ccccc1. The monoisotopic (exact) mass is 400 g/mol. The van der Waals surface area contributed by atoms with Crippen LogP contribution in [0.5, 0.6) is 0 Å². The van der Waals surface area contributed by atoms with Crippen LogP contribution in [-0.2, 0) is 4.79 Å². The fourth-order valence-electron chi connectivity index (χ4n) is 3.32. The predicted octanol–water partition coefficient (Wildman–Crippen LogP) is 5.84. The Bertz CT molecular complexity index is 706. The van der Waals surface area contributed by atoms with E-state index < -0.39 is 6.03 Å². The summed E-state index contributed by atoms with van der Waals surface area (Å²) in [5, 5.41) is 2.27. The van der Waals surface area contributed by atoms with Gasteiger partial charge in [0.15, 0.2) is 0 Å². The Morgan fingerprint density at radius 1 is 0.929 bits per heavy atom. The number of nitrogens with one attached hydrogen (secondary N) is 1. The lowest BCUT2D eigenvalue weighted by molar-refractivity contribution is -0.120. The quantitative estimate of drug-likeness (QED) is 0.565. The van der Waals surface area contributed by atoms with Gasteiger partial charge in [0, 0.05) is 11.8 Å². The lowest BCUT2D eigenvalue weighted by atomic mass is 10.0. The van der Waals surface area contributed by atoms with Gasteiger partial charge in [0.25, 0.3) is 0 Å². The Morgan fingerprint density at radius 2 is 1.39 bits per heavy atom. The van der Waals surface area contributed by atoms with Crippen molar-refractivity contribution in [1.82, 2.24) is 10.2 Å². The predicted molar refractivity (Wildman–Crippen MR) is 114 cm³/mol. The Hall–Kier alpha value is -2.33. The summed E-state index contributed by atoms with van der Waals surface area (Å²) < 4.78 is 0. The Labute approximate surface area is 172 Å². The molecule has 0 heterocycles. The van der Waals surface area contributed by atoms with E-state index >= 15 is 0 Å². The molecule has 2 aromatic rings. The standard InChI is InChI=1S/C23H29ClN2O2/c1-4-11-21(24)16-22(27)25-23(28)26(17(2)19-12-7-5-8-13-19)18(3)20-14-9-6-10-15-20/h5-10,12-15,17-18,21H,4,11,16H2,1-3H3,(H,25,27,28)/t17-,18-,21?/m0/s1. The van der Waals surface area contributed by atoms with Gasteiger partial charge in [-0.05, 0) is 31.4 Å². The number of rotatable bonds is 8. The molecule has 0 bridgehead atoms. The average molecular weight is 401 g/mol. The highest BCUT2D eigenvalue weighted by Gasteiger charge is 2.29. The molecule has 0 saturated carbocycles. The van der Waals surface area contributed by atoms with Crippen LogP contribution in [-0.4, -0.2) is 22.2 Å². The molecule has 5 heteroatoms. The number of amides is 3. The molecule has 2 rings (SSSR count). The fraction of sp³-hybridized carbons (Fsp3) is 0.391. The maximum absolute atomic E-state index is 13.1. The highest BCUT2D eigenvalue weighted by Crippen LogP contribution is 2.30. The number of carbonyl (C=O) groups is 2. The molecule has 3 atom stereocenters. The van der Waals surface area contributed by atoms with Crippen molar-refractivity contribution in [3.05, 3.63) is 71.8 Å². The van der Waals surface area contributed by atoms with Gasteiger partial charge in [-0.2, -0.15) is 0 Å². The minimum absolute atomic E-state index is 0.133. The van der Waals surface area contributed by atoms with Crippen LogP contribution in [0.25, 0.3) is 0 Å². The molecule has 3 amide bonds. The minimum Gasteiger partial charge on any atom is -0.311 e. The van der Waals surface area contributed by atoms with Crippen LogP contribution in [0.4, 0.5) is 4.79 Å². The third kappa shape index (κ3) is 6.10. The van der Waals surface area contributed by atoms with Gasteiger partial charge in [0.2, 0.25) is 5.91 Å². The van der Waals surface area contributed by atoms with Crippen molar-refractivity contribution in [2.75, 3.05) is 0 Å². The van der Waals surface area contributed by atoms with E-state index in [1.807, 2.05) is 81.4 Å². The van der Waals surface area contributed by atoms with Gasteiger partial charge in [-0.1, -0.05) is 74.0 Å². The summed E-state index contributed by atoms with van der Waals surface area (Å²) in [5.74, 6) is -0.344. The van der Waals surface area contributed by atoms with Gasteiger partial charge in [0.1, 0.15) is 0 Å². The van der Waals surface area contributed by atoms with Crippen molar-refractivity contribution in [3.8, 4) is 0 Å². The molecule has 0 radical (unpaired) electrons. The Morgan fingerprint density at radius 3 is 1.82 bits per heavy atom. The van der Waals surface area contributed by atoms with Gasteiger partial charge in [-0.3, -0.25) is 10.1 Å². The van der Waals surface area contributed by atoms with E-state index in [9.17, 15) is 9.59 Å². The van der Waals surface area contributed by atoms with Crippen LogP contribution in [0.15, 0.2) is 60.7 Å². The average Bonchev–Trinajstić information content (AvgIpc) is 2.69. The van der Waals surface area contributed by atoms with E-state index in [1.54, 1.807) is 4.90 Å². The Balaban J connectivity index is 2.22. The van der Waals surface area contributed by atoms with Gasteiger partial charge in [-0.15, -0.1) is 11.6 Å². The van der Waals surface area contributed by atoms with Crippen molar-refractivity contribution in [2.45, 2.75) is 57.5 Å². The molecular formula is C23H29ClN2O2. The summed E-state index contributed by atoms with van der Waals surface area (Å²) in [6.45, 7) is 5.96.